The van der Waals surface area contributed by atoms with Gasteiger partial charge in [-0.05, 0) is 42.8 Å². The zero-order valence-electron chi connectivity index (χ0n) is 19.6. The van der Waals surface area contributed by atoms with Crippen LogP contribution in [0.4, 0.5) is 18.0 Å². The van der Waals surface area contributed by atoms with Gasteiger partial charge < -0.3 is 24.3 Å². The molecule has 0 saturated heterocycles. The second-order valence-corrected chi connectivity index (χ2v) is 7.48. The minimum Gasteiger partial charge on any atom is -0.497 e. The van der Waals surface area contributed by atoms with E-state index in [1.807, 2.05) is 0 Å². The van der Waals surface area contributed by atoms with E-state index in [-0.39, 0.29) is 30.2 Å². The molecule has 0 unspecified atom stereocenters. The first-order valence-corrected chi connectivity index (χ1v) is 10.6. The van der Waals surface area contributed by atoms with Gasteiger partial charge >= 0.3 is 18.2 Å². The average molecular weight is 494 g/mol. The summed E-state index contributed by atoms with van der Waals surface area (Å²) in [6.45, 7) is 1.33. The molecular formula is C24H25F3N2O6. The van der Waals surface area contributed by atoms with E-state index in [1.165, 1.54) is 33.4 Å². The van der Waals surface area contributed by atoms with Crippen LogP contribution in [0.15, 0.2) is 53.7 Å². The molecule has 35 heavy (non-hydrogen) atoms. The molecule has 0 fully saturated rings. The smallest absolute Gasteiger partial charge is 0.416 e. The topological polar surface area (TPSA) is 86.3 Å². The SMILES string of the molecule is CCOC(=O)C1=C(COc2cccc(C(F)(F)F)c2)N(C)C(=O)N[C@H]1c1cc(OC)cc(OC)c1. The summed E-state index contributed by atoms with van der Waals surface area (Å²) in [4.78, 5) is 27.0. The van der Waals surface area contributed by atoms with Crippen LogP contribution in [0.1, 0.15) is 24.1 Å². The van der Waals surface area contributed by atoms with E-state index in [2.05, 4.69) is 5.32 Å². The molecule has 0 saturated carbocycles. The number of carbonyl (C=O) groups excluding carboxylic acids is 2. The minimum atomic E-state index is -4.55. The van der Waals surface area contributed by atoms with Crippen molar-refractivity contribution in [1.29, 1.82) is 0 Å². The van der Waals surface area contributed by atoms with Gasteiger partial charge in [0.15, 0.2) is 0 Å². The molecule has 0 spiro atoms. The van der Waals surface area contributed by atoms with Crippen molar-refractivity contribution < 1.29 is 41.7 Å². The van der Waals surface area contributed by atoms with E-state index in [1.54, 1.807) is 25.1 Å². The van der Waals surface area contributed by atoms with Gasteiger partial charge in [-0.15, -0.1) is 0 Å². The Bertz CT molecular complexity index is 1110. The van der Waals surface area contributed by atoms with E-state index >= 15 is 0 Å². The number of benzene rings is 2. The Morgan fingerprint density at radius 2 is 1.71 bits per heavy atom. The van der Waals surface area contributed by atoms with Gasteiger partial charge in [0.2, 0.25) is 0 Å². The third kappa shape index (κ3) is 5.79. The Morgan fingerprint density at radius 1 is 1.06 bits per heavy atom. The van der Waals surface area contributed by atoms with Crippen LogP contribution in [0.3, 0.4) is 0 Å². The Kier molecular flexibility index (Phi) is 7.78. The van der Waals surface area contributed by atoms with E-state index in [4.69, 9.17) is 18.9 Å². The fourth-order valence-corrected chi connectivity index (χ4v) is 3.54. The maximum Gasteiger partial charge on any atom is 0.416 e. The molecule has 2 amide bonds. The van der Waals surface area contributed by atoms with Gasteiger partial charge in [0.05, 0.1) is 43.7 Å². The molecule has 0 bridgehead atoms. The normalized spacial score (nSPS) is 16.0. The second-order valence-electron chi connectivity index (χ2n) is 7.48. The first-order chi connectivity index (χ1) is 16.6. The summed E-state index contributed by atoms with van der Waals surface area (Å²) in [5.74, 6) is 0.0679. The van der Waals surface area contributed by atoms with Crippen LogP contribution in [0.5, 0.6) is 17.2 Å². The number of urea groups is 1. The number of alkyl halides is 3. The fraction of sp³-hybridized carbons (Fsp3) is 0.333. The lowest BCUT2D eigenvalue weighted by Gasteiger charge is -2.34. The third-order valence-electron chi connectivity index (χ3n) is 5.32. The molecule has 0 radical (unpaired) electrons. The lowest BCUT2D eigenvalue weighted by Crippen LogP contribution is -2.48. The van der Waals surface area contributed by atoms with Crippen molar-refractivity contribution in [3.63, 3.8) is 0 Å². The van der Waals surface area contributed by atoms with E-state index in [9.17, 15) is 22.8 Å². The van der Waals surface area contributed by atoms with Gasteiger partial charge in [0.1, 0.15) is 23.9 Å². The number of amides is 2. The zero-order valence-corrected chi connectivity index (χ0v) is 19.6. The number of hydrogen-bond donors (Lipinski definition) is 1. The number of halogens is 3. The molecule has 0 aromatic heterocycles. The molecule has 2 aromatic rings. The van der Waals surface area contributed by atoms with Crippen LogP contribution in [0.2, 0.25) is 0 Å². The Hall–Kier alpha value is -3.89. The van der Waals surface area contributed by atoms with Gasteiger partial charge in [0, 0.05) is 13.1 Å². The largest absolute Gasteiger partial charge is 0.497 e. The van der Waals surface area contributed by atoms with Crippen molar-refractivity contribution in [1.82, 2.24) is 10.2 Å². The van der Waals surface area contributed by atoms with Crippen LogP contribution in [0, 0.1) is 0 Å². The number of likely N-dealkylation sites (N-methyl/N-ethyl adjacent to an activating group) is 1. The standard InChI is InChI=1S/C24H25F3N2O6/c1-5-34-22(30)20-19(13-35-16-8-6-7-15(11-16)24(25,26)27)29(2)23(31)28-21(20)14-9-17(32-3)12-18(10-14)33-4/h6-12,21H,5,13H2,1-4H3,(H,28,31)/t21-/m0/s1. The Morgan fingerprint density at radius 3 is 2.29 bits per heavy atom. The average Bonchev–Trinajstić information content (AvgIpc) is 2.83. The van der Waals surface area contributed by atoms with Gasteiger partial charge in [0.25, 0.3) is 0 Å². The van der Waals surface area contributed by atoms with Crippen LogP contribution in [-0.2, 0) is 15.7 Å². The van der Waals surface area contributed by atoms with Crippen molar-refractivity contribution in [2.75, 3.05) is 34.5 Å². The summed E-state index contributed by atoms with van der Waals surface area (Å²) >= 11 is 0. The molecule has 1 aliphatic heterocycles. The Balaban J connectivity index is 2.07. The molecule has 3 rings (SSSR count). The summed E-state index contributed by atoms with van der Waals surface area (Å²) in [6, 6.07) is 7.71. The summed E-state index contributed by atoms with van der Waals surface area (Å²) in [5.41, 5.74) is -0.208. The highest BCUT2D eigenvalue weighted by Gasteiger charge is 2.38. The fourth-order valence-electron chi connectivity index (χ4n) is 3.54. The number of carbonyl (C=O) groups is 2. The second kappa shape index (κ2) is 10.6. The number of nitrogens with one attached hydrogen (secondary N) is 1. The molecule has 1 atom stereocenters. The molecule has 11 heteroatoms. The van der Waals surface area contributed by atoms with Crippen molar-refractivity contribution in [2.24, 2.45) is 0 Å². The first kappa shape index (κ1) is 25.7. The van der Waals surface area contributed by atoms with Gasteiger partial charge in [-0.1, -0.05) is 6.07 Å². The van der Waals surface area contributed by atoms with Crippen molar-refractivity contribution in [2.45, 2.75) is 19.1 Å². The maximum atomic E-state index is 13.1. The third-order valence-corrected chi connectivity index (χ3v) is 5.32. The summed E-state index contributed by atoms with van der Waals surface area (Å²) in [5, 5.41) is 2.74. The van der Waals surface area contributed by atoms with E-state index in [0.717, 1.165) is 17.0 Å². The van der Waals surface area contributed by atoms with Crippen LogP contribution >= 0.6 is 0 Å². The van der Waals surface area contributed by atoms with Crippen molar-refractivity contribution >= 4 is 12.0 Å². The molecule has 2 aromatic carbocycles. The quantitative estimate of drug-likeness (QED) is 0.551. The molecule has 188 valence electrons. The lowest BCUT2D eigenvalue weighted by molar-refractivity contribution is -0.139. The molecule has 1 N–H and O–H groups in total. The molecule has 8 nitrogen and oxygen atoms in total. The summed E-state index contributed by atoms with van der Waals surface area (Å²) in [7, 11) is 4.34. The maximum absolute atomic E-state index is 13.1. The van der Waals surface area contributed by atoms with E-state index < -0.39 is 29.8 Å². The predicted octanol–water partition coefficient (Wildman–Crippen LogP) is 4.31. The number of ether oxygens (including phenoxy) is 4. The highest BCUT2D eigenvalue weighted by Crippen LogP contribution is 2.36. The highest BCUT2D eigenvalue weighted by atomic mass is 19.4. The van der Waals surface area contributed by atoms with Crippen LogP contribution < -0.4 is 19.5 Å². The summed E-state index contributed by atoms with van der Waals surface area (Å²) < 4.78 is 60.7. The zero-order chi connectivity index (χ0) is 25.8. The summed E-state index contributed by atoms with van der Waals surface area (Å²) in [6.07, 6.45) is -4.55. The van der Waals surface area contributed by atoms with Crippen LogP contribution in [-0.4, -0.2) is 51.4 Å². The molecule has 1 aliphatic rings. The first-order valence-electron chi connectivity index (χ1n) is 10.6. The molecule has 0 aliphatic carbocycles. The number of rotatable bonds is 8. The number of nitrogens with zero attached hydrogens (tertiary/aromatic N) is 1. The number of methoxy groups -OCH3 is 2. The lowest BCUT2D eigenvalue weighted by atomic mass is 9.94. The number of esters is 1. The van der Waals surface area contributed by atoms with Gasteiger partial charge in [-0.2, -0.15) is 13.2 Å². The van der Waals surface area contributed by atoms with Crippen molar-refractivity contribution in [3.8, 4) is 17.2 Å². The van der Waals surface area contributed by atoms with Gasteiger partial charge in [-0.3, -0.25) is 4.90 Å². The predicted molar refractivity (Wildman–Crippen MR) is 119 cm³/mol. The van der Waals surface area contributed by atoms with Gasteiger partial charge in [-0.25, -0.2) is 9.59 Å². The van der Waals surface area contributed by atoms with Crippen molar-refractivity contribution in [3.05, 3.63) is 64.9 Å². The highest BCUT2D eigenvalue weighted by molar-refractivity contribution is 5.95. The molecular weight excluding hydrogens is 469 g/mol. The Labute approximate surface area is 200 Å². The van der Waals surface area contributed by atoms with Crippen LogP contribution in [0.25, 0.3) is 0 Å². The van der Waals surface area contributed by atoms with E-state index in [0.29, 0.717) is 17.1 Å². The number of hydrogen-bond acceptors (Lipinski definition) is 6. The molecule has 1 heterocycles. The monoisotopic (exact) mass is 494 g/mol. The minimum absolute atomic E-state index is 0.0654.